The zero-order chi connectivity index (χ0) is 17.0. The Morgan fingerprint density at radius 3 is 2.32 bits per heavy atom. The number of aromatic amines is 1. The van der Waals surface area contributed by atoms with E-state index in [0.717, 1.165) is 0 Å². The van der Waals surface area contributed by atoms with Gasteiger partial charge in [-0.1, -0.05) is 13.8 Å². The number of esters is 1. The minimum absolute atomic E-state index is 0.0151. The third kappa shape index (κ3) is 3.75. The van der Waals surface area contributed by atoms with Crippen LogP contribution in [0, 0.1) is 19.8 Å². The number of hydrogen-bond acceptors (Lipinski definition) is 4. The van der Waals surface area contributed by atoms with Crippen LogP contribution in [0.15, 0.2) is 0 Å². The number of nitrogens with zero attached hydrogens (tertiary/aromatic N) is 1. The number of aryl methyl sites for hydroxylation is 1. The van der Waals surface area contributed by atoms with Crippen molar-refractivity contribution in [1.29, 1.82) is 0 Å². The normalized spacial score (nSPS) is 10.7. The number of ether oxygens (including phenoxy) is 1. The molecule has 0 aliphatic heterocycles. The van der Waals surface area contributed by atoms with Crippen molar-refractivity contribution in [3.05, 3.63) is 22.5 Å². The maximum Gasteiger partial charge on any atom is 0.355 e. The van der Waals surface area contributed by atoms with Crippen LogP contribution in [0.25, 0.3) is 0 Å². The van der Waals surface area contributed by atoms with Crippen LogP contribution < -0.4 is 0 Å². The Morgan fingerprint density at radius 1 is 1.23 bits per heavy atom. The van der Waals surface area contributed by atoms with Crippen LogP contribution in [0.1, 0.15) is 52.9 Å². The molecule has 1 aromatic heterocycles. The van der Waals surface area contributed by atoms with Gasteiger partial charge in [-0.3, -0.25) is 9.59 Å². The summed E-state index contributed by atoms with van der Waals surface area (Å²) in [6.45, 7) is 8.98. The summed E-state index contributed by atoms with van der Waals surface area (Å²) in [7, 11) is 1.60. The third-order valence-corrected chi connectivity index (χ3v) is 3.45. The van der Waals surface area contributed by atoms with Crippen molar-refractivity contribution >= 4 is 17.7 Å². The molecule has 1 aromatic rings. The fourth-order valence-corrected chi connectivity index (χ4v) is 2.39. The molecule has 0 aliphatic rings. The average molecular weight is 308 g/mol. The lowest BCUT2D eigenvalue weighted by molar-refractivity contribution is -0.132. The summed E-state index contributed by atoms with van der Waals surface area (Å²) in [5.41, 5.74) is 1.91. The van der Waals surface area contributed by atoms with Gasteiger partial charge in [0.25, 0.3) is 0 Å². The number of hydrogen-bond donors (Lipinski definition) is 1. The Bertz CT molecular complexity index is 587. The first kappa shape index (κ1) is 17.9. The lowest BCUT2D eigenvalue weighted by atomic mass is 10.0. The second-order valence-corrected chi connectivity index (χ2v) is 5.62. The van der Waals surface area contributed by atoms with Gasteiger partial charge in [0, 0.05) is 24.2 Å². The minimum Gasteiger partial charge on any atom is -0.461 e. The molecule has 0 aliphatic carbocycles. The largest absolute Gasteiger partial charge is 0.461 e. The van der Waals surface area contributed by atoms with Crippen LogP contribution in [-0.4, -0.2) is 47.7 Å². The Hall–Kier alpha value is -2.11. The van der Waals surface area contributed by atoms with E-state index in [4.69, 9.17) is 4.74 Å². The number of nitrogens with one attached hydrogen (secondary N) is 1. The van der Waals surface area contributed by atoms with E-state index in [1.807, 2.05) is 0 Å². The van der Waals surface area contributed by atoms with E-state index in [9.17, 15) is 14.4 Å². The highest BCUT2D eigenvalue weighted by Gasteiger charge is 2.24. The molecule has 0 unspecified atom stereocenters. The average Bonchev–Trinajstić information content (AvgIpc) is 2.73. The quantitative estimate of drug-likeness (QED) is 0.645. The van der Waals surface area contributed by atoms with Crippen LogP contribution in [0.3, 0.4) is 0 Å². The number of ketones is 1. The maximum absolute atomic E-state index is 12.5. The lowest BCUT2D eigenvalue weighted by Gasteiger charge is -2.18. The van der Waals surface area contributed by atoms with Crippen molar-refractivity contribution in [2.75, 3.05) is 20.2 Å². The van der Waals surface area contributed by atoms with Crippen molar-refractivity contribution in [3.63, 3.8) is 0 Å². The molecule has 0 aromatic carbocycles. The number of carbonyl (C=O) groups excluding carboxylic acids is 3. The standard InChI is InChI=1S/C16H24N2O4/c1-7-22-16(21)14-10(4)13(11(5)17-14)12(19)8-18(6)15(20)9(2)3/h9,17H,7-8H2,1-6H3. The molecule has 0 bridgehead atoms. The van der Waals surface area contributed by atoms with Crippen LogP contribution in [0.2, 0.25) is 0 Å². The monoisotopic (exact) mass is 308 g/mol. The molecular formula is C16H24N2O4. The number of rotatable bonds is 6. The Labute approximate surface area is 130 Å². The molecule has 0 spiro atoms. The fourth-order valence-electron chi connectivity index (χ4n) is 2.39. The molecular weight excluding hydrogens is 284 g/mol. The van der Waals surface area contributed by atoms with Gasteiger partial charge in [0.1, 0.15) is 5.69 Å². The van der Waals surface area contributed by atoms with Crippen molar-refractivity contribution in [1.82, 2.24) is 9.88 Å². The summed E-state index contributed by atoms with van der Waals surface area (Å²) in [5.74, 6) is -0.932. The van der Waals surface area contributed by atoms with E-state index >= 15 is 0 Å². The van der Waals surface area contributed by atoms with Crippen molar-refractivity contribution in [2.45, 2.75) is 34.6 Å². The van der Waals surface area contributed by atoms with Gasteiger partial charge in [-0.15, -0.1) is 0 Å². The second-order valence-electron chi connectivity index (χ2n) is 5.62. The highest BCUT2D eigenvalue weighted by atomic mass is 16.5. The van der Waals surface area contributed by atoms with Crippen LogP contribution in [-0.2, 0) is 9.53 Å². The van der Waals surface area contributed by atoms with E-state index in [1.54, 1.807) is 41.7 Å². The number of H-pyrrole nitrogens is 1. The molecule has 0 saturated heterocycles. The number of likely N-dealkylation sites (N-methyl/N-ethyl adjacent to an activating group) is 1. The Morgan fingerprint density at radius 2 is 1.82 bits per heavy atom. The predicted octanol–water partition coefficient (Wildman–Crippen LogP) is 2.11. The number of amides is 1. The van der Waals surface area contributed by atoms with Gasteiger partial charge in [0.15, 0.2) is 5.78 Å². The SMILES string of the molecule is CCOC(=O)c1[nH]c(C)c(C(=O)CN(C)C(=O)C(C)C)c1C. The van der Waals surface area contributed by atoms with Gasteiger partial charge in [0.2, 0.25) is 5.91 Å². The van der Waals surface area contributed by atoms with E-state index < -0.39 is 5.97 Å². The fraction of sp³-hybridized carbons (Fsp3) is 0.562. The molecule has 0 saturated carbocycles. The molecule has 0 radical (unpaired) electrons. The molecule has 1 amide bonds. The highest BCUT2D eigenvalue weighted by molar-refractivity contribution is 6.04. The summed E-state index contributed by atoms with van der Waals surface area (Å²) in [4.78, 5) is 40.5. The summed E-state index contributed by atoms with van der Waals surface area (Å²) in [5, 5.41) is 0. The Balaban J connectivity index is 3.00. The van der Waals surface area contributed by atoms with Gasteiger partial charge in [-0.05, 0) is 26.3 Å². The summed E-state index contributed by atoms with van der Waals surface area (Å²) >= 11 is 0. The Kier molecular flexibility index (Phi) is 5.91. The van der Waals surface area contributed by atoms with Crippen LogP contribution >= 0.6 is 0 Å². The van der Waals surface area contributed by atoms with Gasteiger partial charge >= 0.3 is 5.97 Å². The van der Waals surface area contributed by atoms with Gasteiger partial charge < -0.3 is 14.6 Å². The van der Waals surface area contributed by atoms with Gasteiger partial charge in [0.05, 0.1) is 13.2 Å². The van der Waals surface area contributed by atoms with Crippen molar-refractivity contribution in [2.24, 2.45) is 5.92 Å². The van der Waals surface area contributed by atoms with E-state index in [2.05, 4.69) is 4.98 Å². The van der Waals surface area contributed by atoms with Gasteiger partial charge in [-0.2, -0.15) is 0 Å². The second kappa shape index (κ2) is 7.24. The van der Waals surface area contributed by atoms with E-state index in [0.29, 0.717) is 22.5 Å². The van der Waals surface area contributed by atoms with Crippen LogP contribution in [0.5, 0.6) is 0 Å². The molecule has 22 heavy (non-hydrogen) atoms. The molecule has 1 rings (SSSR count). The minimum atomic E-state index is -0.478. The predicted molar refractivity (Wildman–Crippen MR) is 83.0 cm³/mol. The lowest BCUT2D eigenvalue weighted by Crippen LogP contribution is -2.35. The van der Waals surface area contributed by atoms with Crippen molar-refractivity contribution < 1.29 is 19.1 Å². The van der Waals surface area contributed by atoms with E-state index in [1.165, 1.54) is 4.90 Å². The first-order chi connectivity index (χ1) is 10.2. The zero-order valence-electron chi connectivity index (χ0n) is 14.1. The zero-order valence-corrected chi connectivity index (χ0v) is 14.1. The first-order valence-electron chi connectivity index (χ1n) is 7.35. The number of carbonyl (C=O) groups is 3. The van der Waals surface area contributed by atoms with Gasteiger partial charge in [-0.25, -0.2) is 4.79 Å². The summed E-state index contributed by atoms with van der Waals surface area (Å²) in [6, 6.07) is 0. The molecule has 6 heteroatoms. The molecule has 1 N–H and O–H groups in total. The van der Waals surface area contributed by atoms with Crippen molar-refractivity contribution in [3.8, 4) is 0 Å². The maximum atomic E-state index is 12.5. The molecule has 0 fully saturated rings. The molecule has 1 heterocycles. The van der Waals surface area contributed by atoms with Crippen LogP contribution in [0.4, 0.5) is 0 Å². The molecule has 122 valence electrons. The van der Waals surface area contributed by atoms with E-state index in [-0.39, 0.29) is 30.8 Å². The summed E-state index contributed by atoms with van der Waals surface area (Å²) in [6.07, 6.45) is 0. The first-order valence-corrected chi connectivity index (χ1v) is 7.35. The number of aromatic nitrogens is 1. The third-order valence-electron chi connectivity index (χ3n) is 3.45. The molecule has 0 atom stereocenters. The smallest absolute Gasteiger partial charge is 0.355 e. The number of Topliss-reactive ketones (excluding diaryl/α,β-unsaturated/α-hetero) is 1. The topological polar surface area (TPSA) is 79.5 Å². The highest BCUT2D eigenvalue weighted by Crippen LogP contribution is 2.20. The summed E-state index contributed by atoms with van der Waals surface area (Å²) < 4.78 is 4.96. The molecule has 6 nitrogen and oxygen atoms in total.